The van der Waals surface area contributed by atoms with E-state index in [1.165, 1.54) is 0 Å². The third kappa shape index (κ3) is 3.80. The zero-order chi connectivity index (χ0) is 16.9. The Morgan fingerprint density at radius 1 is 1.25 bits per heavy atom. The van der Waals surface area contributed by atoms with Crippen LogP contribution in [-0.4, -0.2) is 56.3 Å². The Balaban J connectivity index is 1.74. The second kappa shape index (κ2) is 7.27. The van der Waals surface area contributed by atoms with E-state index in [1.54, 1.807) is 12.3 Å². The average Bonchev–Trinajstić information content (AvgIpc) is 2.63. The van der Waals surface area contributed by atoms with Crippen LogP contribution in [0.4, 0.5) is 17.3 Å². The van der Waals surface area contributed by atoms with Crippen molar-refractivity contribution in [2.45, 2.75) is 0 Å². The van der Waals surface area contributed by atoms with Gasteiger partial charge < -0.3 is 19.9 Å². The lowest BCUT2D eigenvalue weighted by Gasteiger charge is -2.26. The fraction of sp³-hybridized carbons (Fsp3) is 0.353. The summed E-state index contributed by atoms with van der Waals surface area (Å²) in [4.78, 5) is 25.1. The van der Waals surface area contributed by atoms with Gasteiger partial charge in [0.2, 0.25) is 5.95 Å². The Morgan fingerprint density at radius 3 is 2.79 bits per heavy atom. The average molecular weight is 327 g/mol. The van der Waals surface area contributed by atoms with Gasteiger partial charge in [0.05, 0.1) is 13.2 Å². The van der Waals surface area contributed by atoms with E-state index in [-0.39, 0.29) is 5.91 Å². The van der Waals surface area contributed by atoms with Crippen molar-refractivity contribution >= 4 is 23.2 Å². The third-order valence-corrected chi connectivity index (χ3v) is 3.79. The molecule has 1 N–H and O–H groups in total. The van der Waals surface area contributed by atoms with E-state index < -0.39 is 0 Å². The molecule has 0 saturated carbocycles. The molecule has 1 amide bonds. The highest BCUT2D eigenvalue weighted by Gasteiger charge is 2.16. The Hall–Kier alpha value is -2.67. The third-order valence-electron chi connectivity index (χ3n) is 3.79. The lowest BCUT2D eigenvalue weighted by Crippen LogP contribution is -2.37. The Kier molecular flexibility index (Phi) is 4.90. The highest BCUT2D eigenvalue weighted by Crippen LogP contribution is 2.18. The van der Waals surface area contributed by atoms with E-state index in [0.717, 1.165) is 24.5 Å². The van der Waals surface area contributed by atoms with Gasteiger partial charge in [0.1, 0.15) is 5.69 Å². The minimum atomic E-state index is -0.247. The smallest absolute Gasteiger partial charge is 0.274 e. The number of rotatable bonds is 4. The molecule has 0 radical (unpaired) electrons. The SMILES string of the molecule is CN(C)c1cccc(NC(=O)c2ccnc(N3CCOCC3)n2)c1. The highest BCUT2D eigenvalue weighted by molar-refractivity contribution is 6.03. The number of morpholine rings is 1. The molecule has 1 aromatic carbocycles. The van der Waals surface area contributed by atoms with Gasteiger partial charge in [0.25, 0.3) is 5.91 Å². The molecule has 2 heterocycles. The van der Waals surface area contributed by atoms with Gasteiger partial charge in [-0.3, -0.25) is 4.79 Å². The molecule has 24 heavy (non-hydrogen) atoms. The number of ether oxygens (including phenoxy) is 1. The highest BCUT2D eigenvalue weighted by atomic mass is 16.5. The van der Waals surface area contributed by atoms with Crippen LogP contribution >= 0.6 is 0 Å². The monoisotopic (exact) mass is 327 g/mol. The molecule has 1 aliphatic heterocycles. The quantitative estimate of drug-likeness (QED) is 0.920. The van der Waals surface area contributed by atoms with Crippen molar-refractivity contribution in [1.29, 1.82) is 0 Å². The normalized spacial score (nSPS) is 14.3. The van der Waals surface area contributed by atoms with E-state index in [1.807, 2.05) is 48.2 Å². The number of amides is 1. The molecule has 7 heteroatoms. The van der Waals surface area contributed by atoms with Crippen LogP contribution in [-0.2, 0) is 4.74 Å². The molecule has 0 unspecified atom stereocenters. The van der Waals surface area contributed by atoms with E-state index in [2.05, 4.69) is 15.3 Å². The molecule has 0 atom stereocenters. The van der Waals surface area contributed by atoms with E-state index in [4.69, 9.17) is 4.74 Å². The summed E-state index contributed by atoms with van der Waals surface area (Å²) < 4.78 is 5.33. The minimum absolute atomic E-state index is 0.247. The molecule has 7 nitrogen and oxygen atoms in total. The molecule has 1 fully saturated rings. The van der Waals surface area contributed by atoms with Gasteiger partial charge >= 0.3 is 0 Å². The second-order valence-corrected chi connectivity index (χ2v) is 5.74. The van der Waals surface area contributed by atoms with Gasteiger partial charge in [-0.1, -0.05) is 6.07 Å². The van der Waals surface area contributed by atoms with E-state index in [9.17, 15) is 4.79 Å². The van der Waals surface area contributed by atoms with Crippen LogP contribution in [0.1, 0.15) is 10.5 Å². The molecule has 0 aliphatic carbocycles. The van der Waals surface area contributed by atoms with Crippen molar-refractivity contribution in [1.82, 2.24) is 9.97 Å². The number of benzene rings is 1. The maximum absolute atomic E-state index is 12.5. The van der Waals surface area contributed by atoms with Gasteiger partial charge in [-0.25, -0.2) is 9.97 Å². The zero-order valence-electron chi connectivity index (χ0n) is 13.9. The maximum atomic E-state index is 12.5. The fourth-order valence-corrected chi connectivity index (χ4v) is 2.45. The number of anilines is 3. The predicted octanol–water partition coefficient (Wildman–Crippen LogP) is 1.63. The van der Waals surface area contributed by atoms with Crippen molar-refractivity contribution in [2.24, 2.45) is 0 Å². The van der Waals surface area contributed by atoms with Crippen LogP contribution in [0.25, 0.3) is 0 Å². The molecular weight excluding hydrogens is 306 g/mol. The minimum Gasteiger partial charge on any atom is -0.378 e. The van der Waals surface area contributed by atoms with Gasteiger partial charge in [-0.2, -0.15) is 0 Å². The molecule has 1 saturated heterocycles. The number of hydrogen-bond acceptors (Lipinski definition) is 6. The Bertz CT molecular complexity index is 714. The lowest BCUT2D eigenvalue weighted by molar-refractivity contribution is 0.102. The first kappa shape index (κ1) is 16.2. The molecule has 0 spiro atoms. The molecular formula is C17H21N5O2. The standard InChI is InChI=1S/C17H21N5O2/c1-21(2)14-5-3-4-13(12-14)19-16(23)15-6-7-18-17(20-15)22-8-10-24-11-9-22/h3-7,12H,8-11H2,1-2H3,(H,19,23). The van der Waals surface area contributed by atoms with Crippen LogP contribution in [0.5, 0.6) is 0 Å². The second-order valence-electron chi connectivity index (χ2n) is 5.74. The number of carbonyl (C=O) groups excluding carboxylic acids is 1. The zero-order valence-corrected chi connectivity index (χ0v) is 13.9. The van der Waals surface area contributed by atoms with Gasteiger partial charge in [0.15, 0.2) is 0 Å². The summed E-state index contributed by atoms with van der Waals surface area (Å²) in [6.07, 6.45) is 1.61. The molecule has 1 aromatic heterocycles. The summed E-state index contributed by atoms with van der Waals surface area (Å²) in [5, 5.41) is 2.88. The number of carbonyl (C=O) groups is 1. The van der Waals surface area contributed by atoms with Gasteiger partial charge in [-0.05, 0) is 24.3 Å². The van der Waals surface area contributed by atoms with Crippen molar-refractivity contribution in [3.05, 3.63) is 42.2 Å². The molecule has 3 rings (SSSR count). The summed E-state index contributed by atoms with van der Waals surface area (Å²) in [5.74, 6) is 0.316. The Labute approximate surface area is 141 Å². The Morgan fingerprint density at radius 2 is 2.04 bits per heavy atom. The summed E-state index contributed by atoms with van der Waals surface area (Å²) >= 11 is 0. The summed E-state index contributed by atoms with van der Waals surface area (Å²) in [5.41, 5.74) is 2.10. The van der Waals surface area contributed by atoms with Crippen molar-refractivity contribution in [3.63, 3.8) is 0 Å². The van der Waals surface area contributed by atoms with Crippen LogP contribution in [0, 0.1) is 0 Å². The first-order chi connectivity index (χ1) is 11.6. The number of nitrogens with one attached hydrogen (secondary N) is 1. The number of nitrogens with zero attached hydrogens (tertiary/aromatic N) is 4. The first-order valence-corrected chi connectivity index (χ1v) is 7.88. The van der Waals surface area contributed by atoms with E-state index in [0.29, 0.717) is 24.9 Å². The van der Waals surface area contributed by atoms with Gasteiger partial charge in [0, 0.05) is 44.8 Å². The lowest BCUT2D eigenvalue weighted by atomic mass is 10.2. The van der Waals surface area contributed by atoms with Crippen molar-refractivity contribution < 1.29 is 9.53 Å². The van der Waals surface area contributed by atoms with Gasteiger partial charge in [-0.15, -0.1) is 0 Å². The maximum Gasteiger partial charge on any atom is 0.274 e. The first-order valence-electron chi connectivity index (χ1n) is 7.88. The molecule has 1 aliphatic rings. The van der Waals surface area contributed by atoms with E-state index >= 15 is 0 Å². The van der Waals surface area contributed by atoms with Crippen LogP contribution in [0.15, 0.2) is 36.5 Å². The fourth-order valence-electron chi connectivity index (χ4n) is 2.45. The predicted molar refractivity (Wildman–Crippen MR) is 93.8 cm³/mol. The van der Waals surface area contributed by atoms with Crippen LogP contribution in [0.3, 0.4) is 0 Å². The molecule has 0 bridgehead atoms. The van der Waals surface area contributed by atoms with Crippen molar-refractivity contribution in [2.75, 3.05) is 55.5 Å². The molecule has 2 aromatic rings. The number of aromatic nitrogens is 2. The van der Waals surface area contributed by atoms with Crippen molar-refractivity contribution in [3.8, 4) is 0 Å². The van der Waals surface area contributed by atoms with Crippen LogP contribution < -0.4 is 15.1 Å². The largest absolute Gasteiger partial charge is 0.378 e. The summed E-state index contributed by atoms with van der Waals surface area (Å²) in [6, 6.07) is 9.28. The summed E-state index contributed by atoms with van der Waals surface area (Å²) in [7, 11) is 3.92. The topological polar surface area (TPSA) is 70.6 Å². The van der Waals surface area contributed by atoms with Crippen LogP contribution in [0.2, 0.25) is 0 Å². The summed E-state index contributed by atoms with van der Waals surface area (Å²) in [6.45, 7) is 2.76. The number of hydrogen-bond donors (Lipinski definition) is 1. The molecule has 126 valence electrons.